The van der Waals surface area contributed by atoms with Gasteiger partial charge >= 0.3 is 0 Å². The molecule has 4 aliphatic rings. The number of anilines is 1. The average molecular weight is 494 g/mol. The number of benzene rings is 1. The second-order valence-corrected chi connectivity index (χ2v) is 10.4. The quantitative estimate of drug-likeness (QED) is 0.634. The fourth-order valence-corrected chi connectivity index (χ4v) is 6.79. The van der Waals surface area contributed by atoms with E-state index in [-0.39, 0.29) is 30.9 Å². The first-order chi connectivity index (χ1) is 17.2. The number of amides is 3. The van der Waals surface area contributed by atoms with Crippen LogP contribution < -0.4 is 4.90 Å². The highest BCUT2D eigenvalue weighted by molar-refractivity contribution is 6.06. The van der Waals surface area contributed by atoms with Gasteiger partial charge in [-0.1, -0.05) is 49.4 Å². The second kappa shape index (κ2) is 8.85. The summed E-state index contributed by atoms with van der Waals surface area (Å²) >= 11 is 0. The molecule has 5 atom stereocenters. The third-order valence-corrected chi connectivity index (χ3v) is 8.41. The van der Waals surface area contributed by atoms with E-state index in [1.807, 2.05) is 63.3 Å². The lowest BCUT2D eigenvalue weighted by Crippen LogP contribution is -2.56. The number of nitrogens with zero attached hydrogens (tertiary/aromatic N) is 3. The largest absolute Gasteiger partial charge is 0.396 e. The molecule has 2 saturated heterocycles. The van der Waals surface area contributed by atoms with Gasteiger partial charge in [0.2, 0.25) is 11.8 Å². The van der Waals surface area contributed by atoms with E-state index in [1.54, 1.807) is 21.7 Å². The molecule has 3 amide bonds. The summed E-state index contributed by atoms with van der Waals surface area (Å²) in [7, 11) is 1.74. The number of hydrogen-bond donors (Lipinski definition) is 1. The molecule has 192 valence electrons. The molecule has 36 heavy (non-hydrogen) atoms. The van der Waals surface area contributed by atoms with Gasteiger partial charge in [0.25, 0.3) is 5.91 Å². The van der Waals surface area contributed by atoms with E-state index >= 15 is 0 Å². The van der Waals surface area contributed by atoms with Crippen molar-refractivity contribution in [3.05, 3.63) is 53.6 Å². The van der Waals surface area contributed by atoms with Crippen molar-refractivity contribution in [2.24, 2.45) is 11.8 Å². The minimum absolute atomic E-state index is 0.105. The summed E-state index contributed by atoms with van der Waals surface area (Å²) in [5.41, 5.74) is 0.529. The fourth-order valence-electron chi connectivity index (χ4n) is 6.79. The summed E-state index contributed by atoms with van der Waals surface area (Å²) in [5.74, 6) is -2.18. The Labute approximate surface area is 212 Å². The lowest BCUT2D eigenvalue weighted by atomic mass is 9.73. The molecule has 5 rings (SSSR count). The summed E-state index contributed by atoms with van der Waals surface area (Å²) in [6, 6.07) is 4.98. The number of aryl methyl sites for hydroxylation is 2. The molecule has 1 spiro atoms. The highest BCUT2D eigenvalue weighted by Crippen LogP contribution is 2.58. The number of hydrogen-bond acceptors (Lipinski definition) is 5. The number of carbonyl (C=O) groups excluding carboxylic acids is 3. The van der Waals surface area contributed by atoms with E-state index in [9.17, 15) is 19.5 Å². The predicted molar refractivity (Wildman–Crippen MR) is 135 cm³/mol. The van der Waals surface area contributed by atoms with Crippen molar-refractivity contribution in [3.63, 3.8) is 0 Å². The van der Waals surface area contributed by atoms with E-state index in [0.717, 1.165) is 16.8 Å². The van der Waals surface area contributed by atoms with E-state index in [4.69, 9.17) is 4.74 Å². The Hall–Kier alpha value is -2.97. The molecule has 2 fully saturated rings. The molecule has 0 saturated carbocycles. The number of fused-ring (bicyclic) bond motifs is 2. The minimum Gasteiger partial charge on any atom is -0.396 e. The van der Waals surface area contributed by atoms with Crippen LogP contribution in [0.25, 0.3) is 0 Å². The lowest BCUT2D eigenvalue weighted by molar-refractivity contribution is -0.149. The molecule has 0 bridgehead atoms. The Bertz CT molecular complexity index is 1140. The monoisotopic (exact) mass is 493 g/mol. The van der Waals surface area contributed by atoms with Crippen LogP contribution in [0.3, 0.4) is 0 Å². The van der Waals surface area contributed by atoms with Gasteiger partial charge in [0.15, 0.2) is 0 Å². The first-order valence-corrected chi connectivity index (χ1v) is 12.8. The summed E-state index contributed by atoms with van der Waals surface area (Å²) < 4.78 is 6.90. The molecule has 1 aromatic carbocycles. The van der Waals surface area contributed by atoms with Crippen LogP contribution in [0, 0.1) is 25.7 Å². The van der Waals surface area contributed by atoms with Crippen molar-refractivity contribution in [3.8, 4) is 0 Å². The molecule has 4 aliphatic heterocycles. The zero-order chi connectivity index (χ0) is 25.8. The third kappa shape index (κ3) is 3.30. The third-order valence-electron chi connectivity index (χ3n) is 8.41. The van der Waals surface area contributed by atoms with Crippen LogP contribution in [0.2, 0.25) is 0 Å². The zero-order valence-corrected chi connectivity index (χ0v) is 21.4. The maximum Gasteiger partial charge on any atom is 0.253 e. The van der Waals surface area contributed by atoms with E-state index in [2.05, 4.69) is 0 Å². The number of aliphatic hydroxyl groups is 1. The highest BCUT2D eigenvalue weighted by Gasteiger charge is 2.75. The van der Waals surface area contributed by atoms with Crippen LogP contribution in [0.1, 0.15) is 30.9 Å². The van der Waals surface area contributed by atoms with Gasteiger partial charge in [0.05, 0.1) is 17.4 Å². The molecule has 4 heterocycles. The molecule has 0 aliphatic carbocycles. The summed E-state index contributed by atoms with van der Waals surface area (Å²) in [6.07, 6.45) is 8.48. The number of aliphatic hydroxyl groups excluding tert-OH is 1. The predicted octanol–water partition coefficient (Wildman–Crippen LogP) is 1.98. The van der Waals surface area contributed by atoms with Crippen LogP contribution in [0.15, 0.2) is 42.5 Å². The Morgan fingerprint density at radius 1 is 1.00 bits per heavy atom. The van der Waals surface area contributed by atoms with Crippen LogP contribution in [0.4, 0.5) is 5.69 Å². The summed E-state index contributed by atoms with van der Waals surface area (Å²) in [5, 5.41) is 9.57. The molecule has 1 N–H and O–H groups in total. The first kappa shape index (κ1) is 24.7. The fraction of sp³-hybridized carbons (Fsp3) is 0.536. The molecule has 1 unspecified atom stereocenters. The van der Waals surface area contributed by atoms with Gasteiger partial charge in [0.1, 0.15) is 11.6 Å². The Morgan fingerprint density at radius 2 is 1.69 bits per heavy atom. The van der Waals surface area contributed by atoms with Crippen LogP contribution in [-0.4, -0.2) is 83.2 Å². The van der Waals surface area contributed by atoms with E-state index < -0.39 is 29.1 Å². The van der Waals surface area contributed by atoms with Gasteiger partial charge in [-0.05, 0) is 37.8 Å². The molecule has 0 radical (unpaired) electrons. The first-order valence-electron chi connectivity index (χ1n) is 12.8. The highest BCUT2D eigenvalue weighted by atomic mass is 16.5. The summed E-state index contributed by atoms with van der Waals surface area (Å²) in [4.78, 5) is 47.2. The van der Waals surface area contributed by atoms with Crippen molar-refractivity contribution in [1.29, 1.82) is 0 Å². The normalized spacial score (nSPS) is 33.5. The number of likely N-dealkylation sites (N-methyl/N-ethyl adjacent to an activating group) is 1. The van der Waals surface area contributed by atoms with Crippen LogP contribution in [-0.2, 0) is 19.1 Å². The molecular weight excluding hydrogens is 458 g/mol. The van der Waals surface area contributed by atoms with Gasteiger partial charge in [-0.3, -0.25) is 14.4 Å². The van der Waals surface area contributed by atoms with Gasteiger partial charge in [0, 0.05) is 39.0 Å². The second-order valence-electron chi connectivity index (χ2n) is 10.4. The number of ether oxygens (including phenoxy) is 1. The van der Waals surface area contributed by atoms with Crippen molar-refractivity contribution in [2.75, 3.05) is 38.2 Å². The average Bonchev–Trinajstić information content (AvgIpc) is 3.15. The minimum atomic E-state index is -1.27. The van der Waals surface area contributed by atoms with Gasteiger partial charge in [-0.25, -0.2) is 0 Å². The standard InChI is InChI=1S/C28H35N3O5/c1-5-27-12-7-14-29(4)24(33)20(27)21-25(34)31(16-9-17-32)23-26(35)30(15-8-13-28(21,23)36-27)22-18(2)10-6-11-19(22)3/h6-8,10-13,20-21,23,32H,5,9,14-17H2,1-4H3/t20-,21-,23?,27+,28-/m0/s1. The SMILES string of the molecule is CC[C@@]12C=CCN(C)C(=O)[C@@H]1[C@H]1C(=O)N(CCCO)C3C(=O)N(c4c(C)cccc4C)CC=C[C@@]31O2. The van der Waals surface area contributed by atoms with Crippen LogP contribution >= 0.6 is 0 Å². The van der Waals surface area contributed by atoms with Gasteiger partial charge in [-0.15, -0.1) is 0 Å². The molecule has 0 aromatic heterocycles. The van der Waals surface area contributed by atoms with Crippen molar-refractivity contribution in [2.45, 2.75) is 50.9 Å². The van der Waals surface area contributed by atoms with Gasteiger partial charge < -0.3 is 24.5 Å². The number of para-hydroxylation sites is 1. The maximum atomic E-state index is 14.4. The summed E-state index contributed by atoms with van der Waals surface area (Å²) in [6.45, 7) is 6.81. The molecule has 1 aromatic rings. The topological polar surface area (TPSA) is 90.4 Å². The molecule has 8 heteroatoms. The molecular formula is C28H35N3O5. The zero-order valence-electron chi connectivity index (χ0n) is 21.4. The Morgan fingerprint density at radius 3 is 2.36 bits per heavy atom. The van der Waals surface area contributed by atoms with E-state index in [0.29, 0.717) is 25.9 Å². The lowest BCUT2D eigenvalue weighted by Gasteiger charge is -2.38. The number of carbonyl (C=O) groups is 3. The van der Waals surface area contributed by atoms with Gasteiger partial charge in [-0.2, -0.15) is 0 Å². The Kier molecular flexibility index (Phi) is 6.08. The molecule has 8 nitrogen and oxygen atoms in total. The van der Waals surface area contributed by atoms with Crippen molar-refractivity contribution >= 4 is 23.4 Å². The van der Waals surface area contributed by atoms with Crippen molar-refractivity contribution in [1.82, 2.24) is 9.80 Å². The van der Waals surface area contributed by atoms with E-state index in [1.165, 1.54) is 0 Å². The maximum absolute atomic E-state index is 14.4. The number of rotatable bonds is 5. The Balaban J connectivity index is 1.69. The smallest absolute Gasteiger partial charge is 0.253 e. The van der Waals surface area contributed by atoms with Crippen molar-refractivity contribution < 1.29 is 24.2 Å². The number of likely N-dealkylation sites (tertiary alicyclic amines) is 1. The van der Waals surface area contributed by atoms with Crippen LogP contribution in [0.5, 0.6) is 0 Å².